The van der Waals surface area contributed by atoms with Gasteiger partial charge < -0.3 is 14.7 Å². The van der Waals surface area contributed by atoms with E-state index in [1.54, 1.807) is 11.8 Å². The molecule has 5 heteroatoms. The molecule has 1 N–H and O–H groups in total. The third-order valence-corrected chi connectivity index (χ3v) is 8.50. The van der Waals surface area contributed by atoms with E-state index in [0.29, 0.717) is 31.5 Å². The van der Waals surface area contributed by atoms with Gasteiger partial charge >= 0.3 is 0 Å². The molecule has 1 unspecified atom stereocenters. The minimum atomic E-state index is -0.921. The number of amides is 1. The highest BCUT2D eigenvalue weighted by molar-refractivity contribution is 5.80. The molecule has 2 aliphatic rings. The molecule has 0 bridgehead atoms. The Morgan fingerprint density at radius 2 is 1.87 bits per heavy atom. The lowest BCUT2D eigenvalue weighted by molar-refractivity contribution is -0.140. The molecule has 2 heterocycles. The topological polar surface area (TPSA) is 62.7 Å². The Morgan fingerprint density at radius 3 is 2.53 bits per heavy atom. The number of nitrogens with zero attached hydrogens (tertiary/aromatic N) is 2. The van der Waals surface area contributed by atoms with E-state index in [1.807, 2.05) is 6.92 Å². The largest absolute Gasteiger partial charge is 0.489 e. The van der Waals surface area contributed by atoms with Crippen molar-refractivity contribution in [2.24, 2.45) is 5.92 Å². The molecular weight excluding hydrogens is 472 g/mol. The van der Waals surface area contributed by atoms with Gasteiger partial charge in [0, 0.05) is 25.2 Å². The third kappa shape index (κ3) is 6.31. The minimum absolute atomic E-state index is 0.158. The van der Waals surface area contributed by atoms with Gasteiger partial charge in [0.15, 0.2) is 0 Å². The highest BCUT2D eigenvalue weighted by Gasteiger charge is 2.27. The number of aryl methyl sites for hydroxylation is 2. The fourth-order valence-corrected chi connectivity index (χ4v) is 6.14. The summed E-state index contributed by atoms with van der Waals surface area (Å²) in [6.45, 7) is 12.3. The minimum Gasteiger partial charge on any atom is -0.489 e. The number of ether oxygens (including phenoxy) is 1. The summed E-state index contributed by atoms with van der Waals surface area (Å²) in [6, 6.07) is 10.9. The Morgan fingerprint density at radius 1 is 1.13 bits per heavy atom. The number of aliphatic hydroxyl groups is 1. The number of hydrogen-bond donors (Lipinski definition) is 1. The van der Waals surface area contributed by atoms with Gasteiger partial charge in [-0.2, -0.15) is 0 Å². The molecule has 1 radical (unpaired) electrons. The maximum Gasteiger partial charge on any atom is 0.251 e. The molecule has 2 aromatic rings. The second kappa shape index (κ2) is 12.9. The number of pyridine rings is 1. The van der Waals surface area contributed by atoms with Gasteiger partial charge in [-0.05, 0) is 110 Å². The van der Waals surface area contributed by atoms with Crippen LogP contribution in [0.1, 0.15) is 101 Å². The fourth-order valence-electron chi connectivity index (χ4n) is 6.14. The monoisotopic (exact) mass is 517 g/mol. The van der Waals surface area contributed by atoms with Crippen molar-refractivity contribution in [2.45, 2.75) is 91.6 Å². The molecule has 0 spiro atoms. The molecule has 5 nitrogen and oxygen atoms in total. The molecular formula is C33H45N2O3. The van der Waals surface area contributed by atoms with Gasteiger partial charge in [0.2, 0.25) is 0 Å². The summed E-state index contributed by atoms with van der Waals surface area (Å²) in [6.07, 6.45) is 8.40. The summed E-state index contributed by atoms with van der Waals surface area (Å²) in [5, 5.41) is 9.65. The molecule has 0 saturated carbocycles. The normalized spacial score (nSPS) is 19.5. The zero-order valence-electron chi connectivity index (χ0n) is 23.9. The quantitative estimate of drug-likeness (QED) is 0.411. The van der Waals surface area contributed by atoms with Crippen molar-refractivity contribution < 1.29 is 14.6 Å². The summed E-state index contributed by atoms with van der Waals surface area (Å²) in [4.78, 5) is 19.0. The second-order valence-corrected chi connectivity index (χ2v) is 11.0. The number of aliphatic hydroxyl groups excluding tert-OH is 1. The molecule has 1 aromatic heterocycles. The van der Waals surface area contributed by atoms with Crippen molar-refractivity contribution in [3.8, 4) is 5.75 Å². The van der Waals surface area contributed by atoms with Gasteiger partial charge in [0.05, 0.1) is 5.69 Å². The Hall–Kier alpha value is -2.66. The summed E-state index contributed by atoms with van der Waals surface area (Å²) < 4.78 is 6.48. The van der Waals surface area contributed by atoms with Gasteiger partial charge in [0.1, 0.15) is 18.5 Å². The zero-order valence-corrected chi connectivity index (χ0v) is 23.9. The van der Waals surface area contributed by atoms with Crippen LogP contribution in [-0.4, -0.2) is 46.7 Å². The average molecular weight is 518 g/mol. The number of aromatic nitrogens is 1. The molecule has 2 atom stereocenters. The number of likely N-dealkylation sites (tertiary alicyclic amines) is 1. The standard InChI is InChI=1S/C33H45N2O3/c1-6-24-12-13-27(8-3)34-32(24)30-11-9-10-22(4)31(30)21-38-28-14-15-29(25(7-2)20-28)26-16-18-35(19-17-26)33(37)23(5)36/h8,12-15,20,22-23,26,36H,6-7,9-11,16-19,21H2,1-5H3/t22?,23-/m0/s1. The maximum absolute atomic E-state index is 12.2. The predicted octanol–water partition coefficient (Wildman–Crippen LogP) is 6.52. The van der Waals surface area contributed by atoms with E-state index in [1.165, 1.54) is 46.4 Å². The zero-order chi connectivity index (χ0) is 27.2. The number of rotatable bonds is 9. The van der Waals surface area contributed by atoms with E-state index in [-0.39, 0.29) is 5.91 Å². The van der Waals surface area contributed by atoms with Crippen molar-refractivity contribution in [2.75, 3.05) is 19.7 Å². The van der Waals surface area contributed by atoms with Crippen LogP contribution in [0, 0.1) is 12.3 Å². The van der Waals surface area contributed by atoms with Crippen LogP contribution in [0.5, 0.6) is 5.75 Å². The Labute approximate surface area is 229 Å². The van der Waals surface area contributed by atoms with E-state index >= 15 is 0 Å². The summed E-state index contributed by atoms with van der Waals surface area (Å²) >= 11 is 0. The number of benzene rings is 1. The van der Waals surface area contributed by atoms with Crippen LogP contribution in [0.25, 0.3) is 5.57 Å². The number of hydrogen-bond acceptors (Lipinski definition) is 4. The number of allylic oxidation sites excluding steroid dienone is 1. The first-order chi connectivity index (χ1) is 18.4. The summed E-state index contributed by atoms with van der Waals surface area (Å²) in [5.74, 6) is 1.69. The maximum atomic E-state index is 12.2. The molecule has 1 aromatic carbocycles. The number of carbonyl (C=O) groups is 1. The van der Waals surface area contributed by atoms with E-state index in [4.69, 9.17) is 9.72 Å². The third-order valence-electron chi connectivity index (χ3n) is 8.50. The average Bonchev–Trinajstić information content (AvgIpc) is 2.95. The van der Waals surface area contributed by atoms with Crippen LogP contribution in [0.2, 0.25) is 0 Å². The number of carbonyl (C=O) groups excluding carboxylic acids is 1. The first-order valence-corrected chi connectivity index (χ1v) is 14.6. The Balaban J connectivity index is 1.52. The molecule has 1 aliphatic carbocycles. The van der Waals surface area contributed by atoms with E-state index < -0.39 is 6.10 Å². The van der Waals surface area contributed by atoms with Gasteiger partial charge in [-0.15, -0.1) is 0 Å². The van der Waals surface area contributed by atoms with Crippen LogP contribution in [0.4, 0.5) is 0 Å². The molecule has 1 aliphatic heterocycles. The first-order valence-electron chi connectivity index (χ1n) is 14.6. The van der Waals surface area contributed by atoms with Crippen molar-refractivity contribution >= 4 is 11.5 Å². The lowest BCUT2D eigenvalue weighted by Crippen LogP contribution is -2.42. The Bertz CT molecular complexity index is 1140. The molecule has 205 valence electrons. The molecule has 1 fully saturated rings. The molecule has 1 saturated heterocycles. The van der Waals surface area contributed by atoms with Gasteiger partial charge in [-0.3, -0.25) is 9.78 Å². The lowest BCUT2D eigenvalue weighted by Gasteiger charge is -2.33. The summed E-state index contributed by atoms with van der Waals surface area (Å²) in [5.41, 5.74) is 9.00. The van der Waals surface area contributed by atoms with Gasteiger partial charge in [0.25, 0.3) is 5.91 Å². The molecule has 4 rings (SSSR count). The van der Waals surface area contributed by atoms with Crippen LogP contribution >= 0.6 is 0 Å². The SMILES string of the molecule is C[CH]c1ccc(CC)c(C2=C(COc3ccc(C4CCN(C(=O)[C@H](C)O)CC4)c(CC)c3)C(C)CCC2)n1. The lowest BCUT2D eigenvalue weighted by atomic mass is 9.81. The van der Waals surface area contributed by atoms with Gasteiger partial charge in [-0.25, -0.2) is 0 Å². The van der Waals surface area contributed by atoms with Crippen LogP contribution in [0.3, 0.4) is 0 Å². The van der Waals surface area contributed by atoms with Crippen molar-refractivity contribution in [1.82, 2.24) is 9.88 Å². The van der Waals surface area contributed by atoms with Crippen LogP contribution in [-0.2, 0) is 17.6 Å². The fraction of sp³-hybridized carbons (Fsp3) is 0.545. The van der Waals surface area contributed by atoms with Crippen molar-refractivity contribution in [1.29, 1.82) is 0 Å². The van der Waals surface area contributed by atoms with Crippen molar-refractivity contribution in [3.63, 3.8) is 0 Å². The molecule has 38 heavy (non-hydrogen) atoms. The van der Waals surface area contributed by atoms with E-state index in [2.05, 4.69) is 57.5 Å². The number of piperidine rings is 1. The van der Waals surface area contributed by atoms with Crippen molar-refractivity contribution in [3.05, 3.63) is 70.4 Å². The highest BCUT2D eigenvalue weighted by Crippen LogP contribution is 2.38. The highest BCUT2D eigenvalue weighted by atomic mass is 16.5. The van der Waals surface area contributed by atoms with E-state index in [9.17, 15) is 9.90 Å². The van der Waals surface area contributed by atoms with Crippen LogP contribution in [0.15, 0.2) is 35.9 Å². The Kier molecular flexibility index (Phi) is 9.64. The second-order valence-electron chi connectivity index (χ2n) is 11.0. The van der Waals surface area contributed by atoms with Crippen LogP contribution < -0.4 is 4.74 Å². The van der Waals surface area contributed by atoms with Gasteiger partial charge in [-0.1, -0.05) is 39.8 Å². The van der Waals surface area contributed by atoms with E-state index in [0.717, 1.165) is 43.5 Å². The first kappa shape index (κ1) is 28.4. The summed E-state index contributed by atoms with van der Waals surface area (Å²) in [7, 11) is 0. The predicted molar refractivity (Wildman–Crippen MR) is 154 cm³/mol. The smallest absolute Gasteiger partial charge is 0.251 e. The molecule has 1 amide bonds.